The molecular formula is C13H25N5S. The summed E-state index contributed by atoms with van der Waals surface area (Å²) in [5.74, 6) is 2.51. The predicted molar refractivity (Wildman–Crippen MR) is 83.2 cm³/mol. The van der Waals surface area contributed by atoms with E-state index in [2.05, 4.69) is 45.9 Å². The van der Waals surface area contributed by atoms with Crippen LogP contribution in [0, 0.1) is 0 Å². The molecule has 108 valence electrons. The van der Waals surface area contributed by atoms with Gasteiger partial charge in [0.05, 0.1) is 0 Å². The van der Waals surface area contributed by atoms with E-state index in [1.54, 1.807) is 11.8 Å². The lowest BCUT2D eigenvalue weighted by molar-refractivity contribution is 0.782. The number of unbranched alkanes of at least 4 members (excludes halogenated alkanes) is 1. The molecule has 1 rings (SSSR count). The van der Waals surface area contributed by atoms with Gasteiger partial charge in [-0.3, -0.25) is 0 Å². The third kappa shape index (κ3) is 5.22. The van der Waals surface area contributed by atoms with Gasteiger partial charge in [0, 0.05) is 25.4 Å². The van der Waals surface area contributed by atoms with Crippen molar-refractivity contribution >= 4 is 23.7 Å². The maximum Gasteiger partial charge on any atom is 0.231 e. The lowest BCUT2D eigenvalue weighted by Crippen LogP contribution is -2.25. The van der Waals surface area contributed by atoms with E-state index in [0.717, 1.165) is 36.5 Å². The average molecular weight is 283 g/mol. The van der Waals surface area contributed by atoms with E-state index in [-0.39, 0.29) is 0 Å². The zero-order chi connectivity index (χ0) is 14.1. The van der Waals surface area contributed by atoms with Crippen LogP contribution in [0.5, 0.6) is 0 Å². The molecule has 5 nitrogen and oxygen atoms in total. The van der Waals surface area contributed by atoms with Crippen molar-refractivity contribution in [3.63, 3.8) is 0 Å². The number of aromatic nitrogens is 3. The molecule has 19 heavy (non-hydrogen) atoms. The summed E-state index contributed by atoms with van der Waals surface area (Å²) >= 11 is 1.71. The van der Waals surface area contributed by atoms with Crippen LogP contribution in [0.25, 0.3) is 0 Å². The SMILES string of the molecule is CCCCSc1nc(NCC)nc(N(CC)CC)n1. The molecule has 0 radical (unpaired) electrons. The molecule has 0 saturated carbocycles. The van der Waals surface area contributed by atoms with Crippen molar-refractivity contribution in [2.45, 2.75) is 45.7 Å². The highest BCUT2D eigenvalue weighted by Gasteiger charge is 2.10. The molecule has 0 amide bonds. The van der Waals surface area contributed by atoms with Crippen molar-refractivity contribution in [1.82, 2.24) is 15.0 Å². The molecule has 0 aromatic carbocycles. The Balaban J connectivity index is 2.89. The second kappa shape index (κ2) is 8.96. The fourth-order valence-electron chi connectivity index (χ4n) is 1.60. The summed E-state index contributed by atoms with van der Waals surface area (Å²) in [6.07, 6.45) is 2.38. The summed E-state index contributed by atoms with van der Waals surface area (Å²) in [7, 11) is 0. The Labute approximate surface area is 120 Å². The fraction of sp³-hybridized carbons (Fsp3) is 0.769. The van der Waals surface area contributed by atoms with Gasteiger partial charge < -0.3 is 10.2 Å². The first-order chi connectivity index (χ1) is 9.24. The van der Waals surface area contributed by atoms with E-state index >= 15 is 0 Å². The Morgan fingerprint density at radius 3 is 2.37 bits per heavy atom. The molecule has 0 fully saturated rings. The molecule has 0 aliphatic heterocycles. The largest absolute Gasteiger partial charge is 0.354 e. The first-order valence-corrected chi connectivity index (χ1v) is 8.11. The first kappa shape index (κ1) is 16.0. The van der Waals surface area contributed by atoms with Gasteiger partial charge in [-0.15, -0.1) is 0 Å². The second-order valence-corrected chi connectivity index (χ2v) is 5.21. The van der Waals surface area contributed by atoms with Crippen LogP contribution in [0.15, 0.2) is 5.16 Å². The van der Waals surface area contributed by atoms with E-state index in [1.807, 2.05) is 6.92 Å². The highest BCUT2D eigenvalue weighted by Crippen LogP contribution is 2.19. The van der Waals surface area contributed by atoms with E-state index in [1.165, 1.54) is 12.8 Å². The van der Waals surface area contributed by atoms with Gasteiger partial charge in [0.1, 0.15) is 0 Å². The minimum Gasteiger partial charge on any atom is -0.354 e. The molecule has 0 aliphatic carbocycles. The van der Waals surface area contributed by atoms with E-state index < -0.39 is 0 Å². The first-order valence-electron chi connectivity index (χ1n) is 7.12. The maximum atomic E-state index is 4.56. The standard InChI is InChI=1S/C13H25N5S/c1-5-9-10-19-13-16-11(14-6-2)15-12(17-13)18(7-3)8-4/h5-10H2,1-4H3,(H,14,15,16,17). The number of thioether (sulfide) groups is 1. The summed E-state index contributed by atoms with van der Waals surface area (Å²) in [5.41, 5.74) is 0. The van der Waals surface area contributed by atoms with Gasteiger partial charge in [-0.05, 0) is 27.2 Å². The molecular weight excluding hydrogens is 258 g/mol. The number of hydrogen-bond donors (Lipinski definition) is 1. The van der Waals surface area contributed by atoms with Gasteiger partial charge in [-0.1, -0.05) is 25.1 Å². The highest BCUT2D eigenvalue weighted by atomic mass is 32.2. The van der Waals surface area contributed by atoms with Crippen molar-refractivity contribution in [1.29, 1.82) is 0 Å². The van der Waals surface area contributed by atoms with Crippen molar-refractivity contribution in [2.24, 2.45) is 0 Å². The van der Waals surface area contributed by atoms with Gasteiger partial charge in [0.25, 0.3) is 0 Å². The van der Waals surface area contributed by atoms with E-state index in [0.29, 0.717) is 5.95 Å². The predicted octanol–water partition coefficient (Wildman–Crippen LogP) is 3.04. The summed E-state index contributed by atoms with van der Waals surface area (Å²) in [5, 5.41) is 4.00. The summed E-state index contributed by atoms with van der Waals surface area (Å²) in [6.45, 7) is 11.1. The number of nitrogens with one attached hydrogen (secondary N) is 1. The van der Waals surface area contributed by atoms with Crippen LogP contribution in [0.3, 0.4) is 0 Å². The topological polar surface area (TPSA) is 53.9 Å². The van der Waals surface area contributed by atoms with Crippen LogP contribution in [0.4, 0.5) is 11.9 Å². The maximum absolute atomic E-state index is 4.56. The van der Waals surface area contributed by atoms with E-state index in [9.17, 15) is 0 Å². The Bertz CT molecular complexity index is 368. The fourth-order valence-corrected chi connectivity index (χ4v) is 2.52. The molecule has 0 bridgehead atoms. The highest BCUT2D eigenvalue weighted by molar-refractivity contribution is 7.99. The minimum absolute atomic E-state index is 0.679. The second-order valence-electron chi connectivity index (χ2n) is 4.15. The third-order valence-corrected chi connectivity index (χ3v) is 3.65. The summed E-state index contributed by atoms with van der Waals surface area (Å²) in [4.78, 5) is 15.6. The number of anilines is 2. The third-order valence-electron chi connectivity index (χ3n) is 2.71. The quantitative estimate of drug-likeness (QED) is 0.555. The molecule has 0 atom stereocenters. The van der Waals surface area contributed by atoms with Crippen LogP contribution in [-0.2, 0) is 0 Å². The van der Waals surface area contributed by atoms with Crippen LogP contribution in [0.1, 0.15) is 40.5 Å². The van der Waals surface area contributed by atoms with E-state index in [4.69, 9.17) is 0 Å². The Morgan fingerprint density at radius 1 is 1.05 bits per heavy atom. The molecule has 1 aromatic rings. The zero-order valence-corrected chi connectivity index (χ0v) is 13.3. The Morgan fingerprint density at radius 2 is 1.79 bits per heavy atom. The minimum atomic E-state index is 0.679. The summed E-state index contributed by atoms with van der Waals surface area (Å²) in [6, 6.07) is 0. The number of rotatable bonds is 9. The molecule has 0 spiro atoms. The van der Waals surface area contributed by atoms with Crippen molar-refractivity contribution in [3.05, 3.63) is 0 Å². The average Bonchev–Trinajstić information content (AvgIpc) is 2.41. The molecule has 0 aliphatic rings. The molecule has 0 unspecified atom stereocenters. The van der Waals surface area contributed by atoms with Gasteiger partial charge in [-0.2, -0.15) is 15.0 Å². The van der Waals surface area contributed by atoms with Gasteiger partial charge in [-0.25, -0.2) is 0 Å². The van der Waals surface area contributed by atoms with Gasteiger partial charge in [0.2, 0.25) is 11.9 Å². The number of hydrogen-bond acceptors (Lipinski definition) is 6. The molecule has 0 saturated heterocycles. The van der Waals surface area contributed by atoms with Crippen LogP contribution < -0.4 is 10.2 Å². The molecule has 6 heteroatoms. The zero-order valence-electron chi connectivity index (χ0n) is 12.4. The molecule has 1 heterocycles. The normalized spacial score (nSPS) is 10.5. The van der Waals surface area contributed by atoms with Crippen molar-refractivity contribution < 1.29 is 0 Å². The Kier molecular flexibility index (Phi) is 7.55. The van der Waals surface area contributed by atoms with Gasteiger partial charge in [0.15, 0.2) is 5.16 Å². The van der Waals surface area contributed by atoms with Crippen molar-refractivity contribution in [3.8, 4) is 0 Å². The smallest absolute Gasteiger partial charge is 0.231 e. The van der Waals surface area contributed by atoms with Crippen LogP contribution >= 0.6 is 11.8 Å². The lowest BCUT2D eigenvalue weighted by atomic mass is 10.4. The van der Waals surface area contributed by atoms with Crippen LogP contribution in [-0.4, -0.2) is 40.3 Å². The lowest BCUT2D eigenvalue weighted by Gasteiger charge is -2.19. The monoisotopic (exact) mass is 283 g/mol. The molecule has 1 aromatic heterocycles. The van der Waals surface area contributed by atoms with Crippen molar-refractivity contribution in [2.75, 3.05) is 35.6 Å². The Hall–Kier alpha value is -1.04. The van der Waals surface area contributed by atoms with Crippen LogP contribution in [0.2, 0.25) is 0 Å². The van der Waals surface area contributed by atoms with Gasteiger partial charge >= 0.3 is 0 Å². The summed E-state index contributed by atoms with van der Waals surface area (Å²) < 4.78 is 0. The molecule has 1 N–H and O–H groups in total. The number of nitrogens with zero attached hydrogens (tertiary/aromatic N) is 4.